The van der Waals surface area contributed by atoms with Gasteiger partial charge in [0.15, 0.2) is 0 Å². The molecule has 2 heterocycles. The van der Waals surface area contributed by atoms with Crippen LogP contribution in [0, 0.1) is 0 Å². The van der Waals surface area contributed by atoms with Crippen molar-refractivity contribution in [1.82, 2.24) is 15.2 Å². The topological polar surface area (TPSA) is 79.9 Å². The second-order valence-electron chi connectivity index (χ2n) is 3.58. The van der Waals surface area contributed by atoms with Crippen LogP contribution in [0.1, 0.15) is 12.1 Å². The molecular formula is C11H14N4O2. The molecule has 0 amide bonds. The van der Waals surface area contributed by atoms with E-state index in [0.717, 1.165) is 22.4 Å². The van der Waals surface area contributed by atoms with Gasteiger partial charge in [0.25, 0.3) is 0 Å². The maximum absolute atomic E-state index is 11.1. The van der Waals surface area contributed by atoms with Crippen LogP contribution in [0.5, 0.6) is 0 Å². The molecule has 2 N–H and O–H groups in total. The van der Waals surface area contributed by atoms with Crippen LogP contribution in [0.15, 0.2) is 12.3 Å². The van der Waals surface area contributed by atoms with Crippen LogP contribution >= 0.6 is 0 Å². The second kappa shape index (κ2) is 4.82. The van der Waals surface area contributed by atoms with Crippen LogP contribution in [0.2, 0.25) is 0 Å². The third-order valence-corrected chi connectivity index (χ3v) is 2.59. The van der Waals surface area contributed by atoms with Crippen LogP contribution in [0.25, 0.3) is 10.9 Å². The summed E-state index contributed by atoms with van der Waals surface area (Å²) in [5.74, 6) is 0.527. The highest BCUT2D eigenvalue weighted by Crippen LogP contribution is 2.23. The molecule has 0 bridgehead atoms. The van der Waals surface area contributed by atoms with Crippen molar-refractivity contribution in [2.24, 2.45) is 0 Å². The highest BCUT2D eigenvalue weighted by Gasteiger charge is 2.11. The van der Waals surface area contributed by atoms with Crippen molar-refractivity contribution in [3.05, 3.63) is 18.0 Å². The van der Waals surface area contributed by atoms with Crippen LogP contribution in [0.4, 0.5) is 5.82 Å². The second-order valence-corrected chi connectivity index (χ2v) is 3.58. The van der Waals surface area contributed by atoms with Gasteiger partial charge in [-0.05, 0) is 6.07 Å². The van der Waals surface area contributed by atoms with E-state index in [9.17, 15) is 4.79 Å². The summed E-state index contributed by atoms with van der Waals surface area (Å²) in [7, 11) is 3.19. The van der Waals surface area contributed by atoms with E-state index >= 15 is 0 Å². The van der Waals surface area contributed by atoms with Crippen molar-refractivity contribution in [2.45, 2.75) is 12.8 Å². The molecule has 2 rings (SSSR count). The number of methoxy groups -OCH3 is 1. The first-order chi connectivity index (χ1) is 8.26. The Hall–Kier alpha value is -2.11. The molecule has 17 heavy (non-hydrogen) atoms. The van der Waals surface area contributed by atoms with Gasteiger partial charge in [0.1, 0.15) is 5.82 Å². The molecule has 6 heteroatoms. The number of hydrogen-bond acceptors (Lipinski definition) is 5. The number of esters is 1. The van der Waals surface area contributed by atoms with E-state index in [2.05, 4.69) is 25.2 Å². The maximum Gasteiger partial charge on any atom is 0.305 e. The Labute approximate surface area is 98.4 Å². The number of carbonyl (C=O) groups excluding carboxylic acids is 1. The molecule has 6 nitrogen and oxygen atoms in total. The van der Waals surface area contributed by atoms with Crippen molar-refractivity contribution in [2.75, 3.05) is 19.5 Å². The van der Waals surface area contributed by atoms with E-state index in [-0.39, 0.29) is 5.97 Å². The third-order valence-electron chi connectivity index (χ3n) is 2.59. The fourth-order valence-corrected chi connectivity index (χ4v) is 1.73. The Balaban J connectivity index is 2.31. The van der Waals surface area contributed by atoms with Gasteiger partial charge >= 0.3 is 5.97 Å². The minimum atomic E-state index is -0.234. The molecule has 0 fully saturated rings. The fourth-order valence-electron chi connectivity index (χ4n) is 1.73. The molecule has 0 aromatic carbocycles. The van der Waals surface area contributed by atoms with Gasteiger partial charge in [-0.25, -0.2) is 4.98 Å². The Morgan fingerprint density at radius 3 is 3.12 bits per heavy atom. The summed E-state index contributed by atoms with van der Waals surface area (Å²) in [6.07, 6.45) is 2.58. The zero-order chi connectivity index (χ0) is 12.3. The number of rotatable bonds is 4. The number of pyridine rings is 1. The zero-order valence-corrected chi connectivity index (χ0v) is 9.78. The standard InChI is InChI=1S/C11H14N4O2/c1-12-11-10-7(3-4-9(16)17-2)14-15-8(10)5-6-13-11/h5-6H,3-4H2,1-2H3,(H,12,13)(H,14,15). The fraction of sp³-hybridized carbons (Fsp3) is 0.364. The first kappa shape index (κ1) is 11.4. The molecule has 0 radical (unpaired) electrons. The van der Waals surface area contributed by atoms with Gasteiger partial charge in [0, 0.05) is 25.4 Å². The van der Waals surface area contributed by atoms with Crippen molar-refractivity contribution in [3.63, 3.8) is 0 Å². The average Bonchev–Trinajstić information content (AvgIpc) is 2.79. The summed E-state index contributed by atoms with van der Waals surface area (Å²) in [6.45, 7) is 0. The minimum Gasteiger partial charge on any atom is -0.469 e. The first-order valence-electron chi connectivity index (χ1n) is 5.32. The minimum absolute atomic E-state index is 0.234. The number of carbonyl (C=O) groups is 1. The summed E-state index contributed by atoms with van der Waals surface area (Å²) < 4.78 is 4.61. The lowest BCUT2D eigenvalue weighted by atomic mass is 10.1. The number of ether oxygens (including phenoxy) is 1. The lowest BCUT2D eigenvalue weighted by Crippen LogP contribution is -2.03. The SMILES string of the molecule is CNc1nccc2n[nH]c(CCC(=O)OC)c12. The Kier molecular flexibility index (Phi) is 3.22. The van der Waals surface area contributed by atoms with Gasteiger partial charge in [-0.3, -0.25) is 9.89 Å². The van der Waals surface area contributed by atoms with Crippen molar-refractivity contribution >= 4 is 22.7 Å². The molecule has 0 unspecified atom stereocenters. The van der Waals surface area contributed by atoms with Crippen molar-refractivity contribution < 1.29 is 9.53 Å². The van der Waals surface area contributed by atoms with Crippen molar-refractivity contribution in [3.8, 4) is 0 Å². The molecule has 0 aliphatic carbocycles. The number of nitrogens with zero attached hydrogens (tertiary/aromatic N) is 2. The molecule has 0 saturated carbocycles. The lowest BCUT2D eigenvalue weighted by Gasteiger charge is -2.02. The molecule has 0 aliphatic rings. The summed E-state index contributed by atoms with van der Waals surface area (Å²) in [5, 5.41) is 11.0. The quantitative estimate of drug-likeness (QED) is 0.774. The van der Waals surface area contributed by atoms with Gasteiger partial charge in [-0.15, -0.1) is 0 Å². The number of aryl methyl sites for hydroxylation is 1. The molecule has 0 spiro atoms. The summed E-state index contributed by atoms with van der Waals surface area (Å²) in [4.78, 5) is 15.3. The van der Waals surface area contributed by atoms with E-state index in [0.29, 0.717) is 12.8 Å². The first-order valence-corrected chi connectivity index (χ1v) is 5.32. The van der Waals surface area contributed by atoms with Gasteiger partial charge in [-0.1, -0.05) is 0 Å². The third kappa shape index (κ3) is 2.20. The Morgan fingerprint density at radius 1 is 1.59 bits per heavy atom. The molecule has 0 saturated heterocycles. The lowest BCUT2D eigenvalue weighted by molar-refractivity contribution is -0.140. The van der Waals surface area contributed by atoms with Crippen molar-refractivity contribution in [1.29, 1.82) is 0 Å². The number of aromatic nitrogens is 3. The molecule has 90 valence electrons. The highest BCUT2D eigenvalue weighted by atomic mass is 16.5. The van der Waals surface area contributed by atoms with Crippen LogP contribution in [0.3, 0.4) is 0 Å². The van der Waals surface area contributed by atoms with E-state index in [1.807, 2.05) is 6.07 Å². The number of hydrogen-bond donors (Lipinski definition) is 2. The van der Waals surface area contributed by atoms with Gasteiger partial charge in [0.2, 0.25) is 0 Å². The van der Waals surface area contributed by atoms with Crippen LogP contribution in [-0.4, -0.2) is 35.3 Å². The van der Waals surface area contributed by atoms with E-state index < -0.39 is 0 Å². The predicted octanol–water partition coefficient (Wildman–Crippen LogP) is 1.11. The monoisotopic (exact) mass is 234 g/mol. The number of nitrogens with one attached hydrogen (secondary N) is 2. The zero-order valence-electron chi connectivity index (χ0n) is 9.78. The largest absolute Gasteiger partial charge is 0.469 e. The van der Waals surface area contributed by atoms with E-state index in [1.165, 1.54) is 7.11 Å². The van der Waals surface area contributed by atoms with Gasteiger partial charge in [-0.2, -0.15) is 5.10 Å². The Bertz CT molecular complexity index is 535. The molecular weight excluding hydrogens is 220 g/mol. The molecule has 0 atom stereocenters. The number of H-pyrrole nitrogens is 1. The van der Waals surface area contributed by atoms with Crippen LogP contribution in [-0.2, 0) is 16.0 Å². The maximum atomic E-state index is 11.1. The van der Waals surface area contributed by atoms with Crippen LogP contribution < -0.4 is 5.32 Å². The smallest absolute Gasteiger partial charge is 0.305 e. The number of aromatic amines is 1. The number of fused-ring (bicyclic) bond motifs is 1. The molecule has 0 aliphatic heterocycles. The van der Waals surface area contributed by atoms with Gasteiger partial charge < -0.3 is 10.1 Å². The average molecular weight is 234 g/mol. The predicted molar refractivity (Wildman–Crippen MR) is 63.8 cm³/mol. The normalized spacial score (nSPS) is 10.5. The summed E-state index contributed by atoms with van der Waals surface area (Å²) >= 11 is 0. The summed E-state index contributed by atoms with van der Waals surface area (Å²) in [6, 6.07) is 1.83. The Morgan fingerprint density at radius 2 is 2.41 bits per heavy atom. The van der Waals surface area contributed by atoms with E-state index in [4.69, 9.17) is 0 Å². The highest BCUT2D eigenvalue weighted by molar-refractivity contribution is 5.91. The van der Waals surface area contributed by atoms with E-state index in [1.54, 1.807) is 13.2 Å². The summed E-state index contributed by atoms with van der Waals surface area (Å²) in [5.41, 5.74) is 1.73. The molecule has 2 aromatic heterocycles. The number of anilines is 1. The van der Waals surface area contributed by atoms with Gasteiger partial charge in [0.05, 0.1) is 24.4 Å². The molecule has 2 aromatic rings.